The molecular weight excluding hydrogens is 244 g/mol. The summed E-state index contributed by atoms with van der Waals surface area (Å²) in [5, 5.41) is 9.06. The largest absolute Gasteiger partial charge is 0.478 e. The number of carboxylic acids is 1. The van der Waals surface area contributed by atoms with E-state index in [4.69, 9.17) is 9.52 Å². The Balaban J connectivity index is 1.90. The van der Waals surface area contributed by atoms with Crippen LogP contribution in [0.15, 0.2) is 29.0 Å². The molecule has 0 bridgehead atoms. The van der Waals surface area contributed by atoms with Gasteiger partial charge in [0, 0.05) is 12.2 Å². The van der Waals surface area contributed by atoms with Gasteiger partial charge in [0.05, 0.1) is 12.1 Å². The summed E-state index contributed by atoms with van der Waals surface area (Å²) in [6.45, 7) is 3.41. The number of carbonyl (C=O) groups is 1. The summed E-state index contributed by atoms with van der Waals surface area (Å²) >= 11 is 0. The summed E-state index contributed by atoms with van der Waals surface area (Å²) in [6.07, 6.45) is 2.38. The van der Waals surface area contributed by atoms with Gasteiger partial charge in [0.1, 0.15) is 11.5 Å². The highest BCUT2D eigenvalue weighted by atomic mass is 16.4. The Morgan fingerprint density at radius 1 is 1.53 bits per heavy atom. The Labute approximate surface area is 110 Å². The van der Waals surface area contributed by atoms with E-state index in [0.29, 0.717) is 12.1 Å². The number of rotatable bonds is 3. The molecule has 2 heterocycles. The second-order valence-corrected chi connectivity index (χ2v) is 4.68. The summed E-state index contributed by atoms with van der Waals surface area (Å²) < 4.78 is 5.19. The van der Waals surface area contributed by atoms with Gasteiger partial charge in [-0.3, -0.25) is 0 Å². The maximum absolute atomic E-state index is 11.0. The number of nitrogens with zero attached hydrogens (tertiary/aromatic N) is 2. The van der Waals surface area contributed by atoms with Gasteiger partial charge in [-0.2, -0.15) is 0 Å². The molecule has 1 aromatic heterocycles. The van der Waals surface area contributed by atoms with Gasteiger partial charge in [-0.05, 0) is 31.0 Å². The first-order valence-electron chi connectivity index (χ1n) is 6.15. The van der Waals surface area contributed by atoms with Crippen molar-refractivity contribution in [2.24, 2.45) is 0 Å². The molecule has 2 aromatic rings. The average Bonchev–Trinajstić information content (AvgIpc) is 2.97. The minimum atomic E-state index is -0.896. The molecule has 1 aromatic carbocycles. The molecule has 0 spiro atoms. The van der Waals surface area contributed by atoms with Gasteiger partial charge in [-0.25, -0.2) is 9.78 Å². The van der Waals surface area contributed by atoms with Gasteiger partial charge in [-0.1, -0.05) is 6.07 Å². The molecule has 5 heteroatoms. The minimum Gasteiger partial charge on any atom is -0.478 e. The van der Waals surface area contributed by atoms with Gasteiger partial charge in [0.15, 0.2) is 6.39 Å². The maximum atomic E-state index is 11.0. The van der Waals surface area contributed by atoms with Crippen LogP contribution in [-0.4, -0.2) is 22.6 Å². The zero-order valence-corrected chi connectivity index (χ0v) is 10.6. The van der Waals surface area contributed by atoms with E-state index < -0.39 is 5.97 Å². The van der Waals surface area contributed by atoms with Crippen molar-refractivity contribution >= 4 is 11.7 Å². The van der Waals surface area contributed by atoms with E-state index in [9.17, 15) is 4.79 Å². The van der Waals surface area contributed by atoms with Crippen LogP contribution >= 0.6 is 0 Å². The van der Waals surface area contributed by atoms with E-state index in [1.54, 1.807) is 12.1 Å². The van der Waals surface area contributed by atoms with Crippen molar-refractivity contribution in [3.63, 3.8) is 0 Å². The predicted octanol–water partition coefficient (Wildman–Crippen LogP) is 2.24. The summed E-state index contributed by atoms with van der Waals surface area (Å²) in [5.41, 5.74) is 3.39. The highest BCUT2D eigenvalue weighted by molar-refractivity contribution is 5.89. The molecule has 3 rings (SSSR count). The Morgan fingerprint density at radius 3 is 3.05 bits per heavy atom. The maximum Gasteiger partial charge on any atom is 0.335 e. The van der Waals surface area contributed by atoms with Crippen LogP contribution in [0.5, 0.6) is 0 Å². The van der Waals surface area contributed by atoms with Gasteiger partial charge in [-0.15, -0.1) is 0 Å². The number of anilines is 1. The van der Waals surface area contributed by atoms with Crippen LogP contribution in [0.1, 0.15) is 27.4 Å². The molecule has 0 saturated carbocycles. The number of hydrogen-bond donors (Lipinski definition) is 1. The van der Waals surface area contributed by atoms with Crippen molar-refractivity contribution in [2.45, 2.75) is 19.9 Å². The molecule has 0 atom stereocenters. The fraction of sp³-hybridized carbons (Fsp3) is 0.286. The number of benzene rings is 1. The molecule has 0 radical (unpaired) electrons. The first-order valence-corrected chi connectivity index (χ1v) is 6.15. The lowest BCUT2D eigenvalue weighted by atomic mass is 10.1. The van der Waals surface area contributed by atoms with Gasteiger partial charge in [0.2, 0.25) is 0 Å². The summed E-state index contributed by atoms with van der Waals surface area (Å²) in [4.78, 5) is 17.4. The summed E-state index contributed by atoms with van der Waals surface area (Å²) in [6, 6.07) is 5.29. The number of carboxylic acid groups (broad SMARTS) is 1. The van der Waals surface area contributed by atoms with E-state index >= 15 is 0 Å². The topological polar surface area (TPSA) is 66.6 Å². The van der Waals surface area contributed by atoms with E-state index in [1.807, 2.05) is 13.0 Å². The van der Waals surface area contributed by atoms with Crippen LogP contribution in [0.3, 0.4) is 0 Å². The third-order valence-electron chi connectivity index (χ3n) is 3.51. The molecule has 19 heavy (non-hydrogen) atoms. The van der Waals surface area contributed by atoms with Crippen LogP contribution in [-0.2, 0) is 13.0 Å². The van der Waals surface area contributed by atoms with Crippen molar-refractivity contribution in [2.75, 3.05) is 11.4 Å². The number of aromatic nitrogens is 1. The smallest absolute Gasteiger partial charge is 0.335 e. The molecule has 1 aliphatic rings. The van der Waals surface area contributed by atoms with Crippen molar-refractivity contribution in [3.05, 3.63) is 47.2 Å². The highest BCUT2D eigenvalue weighted by Crippen LogP contribution is 2.30. The fourth-order valence-corrected chi connectivity index (χ4v) is 2.40. The Hall–Kier alpha value is -2.30. The van der Waals surface area contributed by atoms with Gasteiger partial charge in [0.25, 0.3) is 0 Å². The lowest BCUT2D eigenvalue weighted by molar-refractivity contribution is 0.0697. The molecular formula is C14H14N2O3. The Kier molecular flexibility index (Phi) is 2.74. The predicted molar refractivity (Wildman–Crippen MR) is 69.4 cm³/mol. The van der Waals surface area contributed by atoms with E-state index in [-0.39, 0.29) is 0 Å². The molecule has 0 amide bonds. The zero-order valence-electron chi connectivity index (χ0n) is 10.6. The first-order chi connectivity index (χ1) is 9.15. The lowest BCUT2D eigenvalue weighted by Crippen LogP contribution is -2.20. The number of oxazole rings is 1. The van der Waals surface area contributed by atoms with Crippen molar-refractivity contribution in [1.82, 2.24) is 4.98 Å². The van der Waals surface area contributed by atoms with Crippen molar-refractivity contribution < 1.29 is 14.3 Å². The molecule has 1 aliphatic heterocycles. The zero-order chi connectivity index (χ0) is 13.4. The van der Waals surface area contributed by atoms with Crippen LogP contribution in [0.25, 0.3) is 0 Å². The molecule has 98 valence electrons. The first kappa shape index (κ1) is 11.8. The molecule has 0 unspecified atom stereocenters. The van der Waals surface area contributed by atoms with Crippen LogP contribution in [0, 0.1) is 6.92 Å². The quantitative estimate of drug-likeness (QED) is 0.914. The standard InChI is InChI=1S/C14H14N2O3/c1-9-12(15-8-19-9)7-16-5-4-10-2-3-11(14(17)18)6-13(10)16/h2-3,6,8H,4-5,7H2,1H3,(H,17,18). The molecule has 1 N–H and O–H groups in total. The Morgan fingerprint density at radius 2 is 2.37 bits per heavy atom. The number of fused-ring (bicyclic) bond motifs is 1. The van der Waals surface area contributed by atoms with Crippen LogP contribution < -0.4 is 4.90 Å². The van der Waals surface area contributed by atoms with E-state index in [2.05, 4.69) is 9.88 Å². The number of aryl methyl sites for hydroxylation is 1. The normalized spacial score (nSPS) is 13.6. The second kappa shape index (κ2) is 4.42. The third kappa shape index (κ3) is 2.07. The second-order valence-electron chi connectivity index (χ2n) is 4.68. The van der Waals surface area contributed by atoms with Crippen molar-refractivity contribution in [1.29, 1.82) is 0 Å². The lowest BCUT2D eigenvalue weighted by Gasteiger charge is -2.18. The Bertz CT molecular complexity index is 633. The average molecular weight is 258 g/mol. The number of aromatic carboxylic acids is 1. The third-order valence-corrected chi connectivity index (χ3v) is 3.51. The van der Waals surface area contributed by atoms with Crippen LogP contribution in [0.4, 0.5) is 5.69 Å². The number of hydrogen-bond acceptors (Lipinski definition) is 4. The summed E-state index contributed by atoms with van der Waals surface area (Å²) in [7, 11) is 0. The fourth-order valence-electron chi connectivity index (χ4n) is 2.40. The summed E-state index contributed by atoms with van der Waals surface area (Å²) in [5.74, 6) is -0.0879. The molecule has 0 saturated heterocycles. The van der Waals surface area contributed by atoms with Gasteiger partial charge >= 0.3 is 5.97 Å². The van der Waals surface area contributed by atoms with Crippen molar-refractivity contribution in [3.8, 4) is 0 Å². The molecule has 0 aliphatic carbocycles. The van der Waals surface area contributed by atoms with Crippen LogP contribution in [0.2, 0.25) is 0 Å². The minimum absolute atomic E-state index is 0.322. The van der Waals surface area contributed by atoms with E-state index in [0.717, 1.165) is 30.1 Å². The molecule has 0 fully saturated rings. The van der Waals surface area contributed by atoms with Gasteiger partial charge < -0.3 is 14.4 Å². The molecule has 5 nitrogen and oxygen atoms in total. The monoisotopic (exact) mass is 258 g/mol. The van der Waals surface area contributed by atoms with E-state index in [1.165, 1.54) is 12.0 Å². The highest BCUT2D eigenvalue weighted by Gasteiger charge is 2.22. The SMILES string of the molecule is Cc1ocnc1CN1CCc2ccc(C(=O)O)cc21.